The van der Waals surface area contributed by atoms with Crippen molar-refractivity contribution < 1.29 is 19.8 Å². The molecule has 0 unspecified atom stereocenters. The number of carboxylic acid groups (broad SMARTS) is 1. The molecule has 1 amide bonds. The quantitative estimate of drug-likeness (QED) is 0.175. The van der Waals surface area contributed by atoms with Gasteiger partial charge in [-0.25, -0.2) is 0 Å². The lowest BCUT2D eigenvalue weighted by Crippen LogP contribution is -2.39. The Morgan fingerprint density at radius 1 is 0.833 bits per heavy atom. The molecule has 0 heterocycles. The van der Waals surface area contributed by atoms with Crippen molar-refractivity contribution in [2.75, 3.05) is 32.8 Å². The SMILES string of the molecule is CCCCCCCC/C=C\CCCCCCCC(=O)N(CCO)CCNCC(=O)O. The van der Waals surface area contributed by atoms with Crippen molar-refractivity contribution in [3.63, 3.8) is 0 Å². The highest BCUT2D eigenvalue weighted by Gasteiger charge is 2.12. The maximum atomic E-state index is 12.3. The van der Waals surface area contributed by atoms with E-state index >= 15 is 0 Å². The highest BCUT2D eigenvalue weighted by atomic mass is 16.4. The van der Waals surface area contributed by atoms with E-state index < -0.39 is 5.97 Å². The minimum absolute atomic E-state index is 0.0406. The molecule has 6 nitrogen and oxygen atoms in total. The molecule has 30 heavy (non-hydrogen) atoms. The van der Waals surface area contributed by atoms with Gasteiger partial charge in [-0.2, -0.15) is 0 Å². The zero-order valence-electron chi connectivity index (χ0n) is 19.2. The van der Waals surface area contributed by atoms with Crippen LogP contribution in [-0.4, -0.2) is 59.8 Å². The maximum Gasteiger partial charge on any atom is 0.317 e. The summed E-state index contributed by atoms with van der Waals surface area (Å²) < 4.78 is 0. The molecule has 176 valence electrons. The van der Waals surface area contributed by atoms with Crippen LogP contribution in [0.4, 0.5) is 0 Å². The Labute approximate surface area is 184 Å². The molecule has 0 radical (unpaired) electrons. The van der Waals surface area contributed by atoms with Crippen molar-refractivity contribution in [3.05, 3.63) is 12.2 Å². The first-order chi connectivity index (χ1) is 14.6. The van der Waals surface area contributed by atoms with Crippen LogP contribution in [0.2, 0.25) is 0 Å². The molecule has 0 saturated carbocycles. The summed E-state index contributed by atoms with van der Waals surface area (Å²) in [5, 5.41) is 20.5. The minimum atomic E-state index is -0.914. The van der Waals surface area contributed by atoms with Gasteiger partial charge in [0.25, 0.3) is 0 Å². The van der Waals surface area contributed by atoms with E-state index in [4.69, 9.17) is 10.2 Å². The van der Waals surface area contributed by atoms with Gasteiger partial charge in [-0.05, 0) is 32.1 Å². The van der Waals surface area contributed by atoms with E-state index in [1.165, 1.54) is 57.8 Å². The van der Waals surface area contributed by atoms with Gasteiger partial charge in [0, 0.05) is 26.1 Å². The third kappa shape index (κ3) is 19.9. The van der Waals surface area contributed by atoms with Gasteiger partial charge in [-0.15, -0.1) is 0 Å². The van der Waals surface area contributed by atoms with E-state index in [0.717, 1.165) is 25.7 Å². The molecular formula is C24H46N2O4. The van der Waals surface area contributed by atoms with E-state index in [2.05, 4.69) is 24.4 Å². The zero-order valence-corrected chi connectivity index (χ0v) is 19.2. The number of rotatable bonds is 22. The summed E-state index contributed by atoms with van der Waals surface area (Å²) in [5.41, 5.74) is 0. The molecule has 0 bridgehead atoms. The summed E-state index contributed by atoms with van der Waals surface area (Å²) in [5.74, 6) is -0.873. The normalized spacial score (nSPS) is 11.3. The molecule has 0 aromatic rings. The molecule has 0 atom stereocenters. The smallest absolute Gasteiger partial charge is 0.317 e. The molecule has 0 rings (SSSR count). The van der Waals surface area contributed by atoms with Crippen molar-refractivity contribution in [1.82, 2.24) is 10.2 Å². The van der Waals surface area contributed by atoms with Crippen LogP contribution >= 0.6 is 0 Å². The first kappa shape index (κ1) is 28.6. The first-order valence-electron chi connectivity index (χ1n) is 12.1. The summed E-state index contributed by atoms with van der Waals surface area (Å²) in [4.78, 5) is 24.4. The van der Waals surface area contributed by atoms with Gasteiger partial charge in [-0.1, -0.05) is 70.4 Å². The predicted molar refractivity (Wildman–Crippen MR) is 124 cm³/mol. The van der Waals surface area contributed by atoms with Gasteiger partial charge in [0.2, 0.25) is 5.91 Å². The van der Waals surface area contributed by atoms with Crippen LogP contribution in [0.1, 0.15) is 96.8 Å². The number of carboxylic acids is 1. The standard InChI is InChI=1S/C24H46N2O4/c1-2-3-4-5-6-7-8-9-10-11-12-13-14-15-16-17-23(28)26(20-21-27)19-18-25-22-24(29)30/h9-10,25,27H,2-8,11-22H2,1H3,(H,29,30)/b10-9-. The van der Waals surface area contributed by atoms with E-state index in [-0.39, 0.29) is 19.1 Å². The fourth-order valence-electron chi connectivity index (χ4n) is 3.40. The third-order valence-corrected chi connectivity index (χ3v) is 5.21. The number of allylic oxidation sites excluding steroid dienone is 2. The second kappa shape index (κ2) is 22.3. The van der Waals surface area contributed by atoms with Crippen LogP contribution in [0.25, 0.3) is 0 Å². The molecule has 0 spiro atoms. The average molecular weight is 427 g/mol. The lowest BCUT2D eigenvalue weighted by molar-refractivity contribution is -0.135. The molecule has 0 fully saturated rings. The summed E-state index contributed by atoms with van der Waals surface area (Å²) in [6.45, 7) is 3.22. The molecule has 3 N–H and O–H groups in total. The van der Waals surface area contributed by atoms with Crippen LogP contribution in [-0.2, 0) is 9.59 Å². The number of nitrogens with one attached hydrogen (secondary N) is 1. The third-order valence-electron chi connectivity index (χ3n) is 5.21. The van der Waals surface area contributed by atoms with Gasteiger partial charge in [0.05, 0.1) is 13.2 Å². The molecule has 0 aromatic heterocycles. The largest absolute Gasteiger partial charge is 0.480 e. The van der Waals surface area contributed by atoms with Crippen LogP contribution in [0.3, 0.4) is 0 Å². The monoisotopic (exact) mass is 426 g/mol. The second-order valence-electron chi connectivity index (χ2n) is 8.01. The number of aliphatic hydroxyl groups excluding tert-OH is 1. The molecule has 0 aliphatic carbocycles. The highest BCUT2D eigenvalue weighted by molar-refractivity contribution is 5.76. The number of amides is 1. The highest BCUT2D eigenvalue weighted by Crippen LogP contribution is 2.10. The number of unbranched alkanes of at least 4 members (excludes halogenated alkanes) is 11. The van der Waals surface area contributed by atoms with E-state index in [1.807, 2.05) is 0 Å². The summed E-state index contributed by atoms with van der Waals surface area (Å²) in [6, 6.07) is 0. The van der Waals surface area contributed by atoms with Crippen LogP contribution in [0.15, 0.2) is 12.2 Å². The average Bonchev–Trinajstić information content (AvgIpc) is 2.72. The number of carbonyl (C=O) groups is 2. The van der Waals surface area contributed by atoms with Gasteiger partial charge in [0.1, 0.15) is 0 Å². The van der Waals surface area contributed by atoms with Crippen molar-refractivity contribution in [2.24, 2.45) is 0 Å². The number of nitrogens with zero attached hydrogens (tertiary/aromatic N) is 1. The van der Waals surface area contributed by atoms with Crippen molar-refractivity contribution >= 4 is 11.9 Å². The maximum absolute atomic E-state index is 12.3. The van der Waals surface area contributed by atoms with Gasteiger partial charge >= 0.3 is 5.97 Å². The summed E-state index contributed by atoms with van der Waals surface area (Å²) >= 11 is 0. The number of aliphatic hydroxyl groups is 1. The number of hydrogen-bond donors (Lipinski definition) is 3. The topological polar surface area (TPSA) is 89.9 Å². The van der Waals surface area contributed by atoms with Crippen molar-refractivity contribution in [3.8, 4) is 0 Å². The Hall–Kier alpha value is -1.40. The van der Waals surface area contributed by atoms with Crippen LogP contribution in [0, 0.1) is 0 Å². The van der Waals surface area contributed by atoms with Crippen LogP contribution < -0.4 is 5.32 Å². The van der Waals surface area contributed by atoms with Gasteiger partial charge < -0.3 is 20.4 Å². The predicted octanol–water partition coefficient (Wildman–Crippen LogP) is 4.52. The zero-order chi connectivity index (χ0) is 22.3. The fourth-order valence-corrected chi connectivity index (χ4v) is 3.40. The van der Waals surface area contributed by atoms with Gasteiger partial charge in [0.15, 0.2) is 0 Å². The Morgan fingerprint density at radius 3 is 1.97 bits per heavy atom. The number of hydrogen-bond acceptors (Lipinski definition) is 4. The Morgan fingerprint density at radius 2 is 1.40 bits per heavy atom. The Bertz CT molecular complexity index is 441. The number of carbonyl (C=O) groups excluding carboxylic acids is 1. The van der Waals surface area contributed by atoms with Crippen molar-refractivity contribution in [1.29, 1.82) is 0 Å². The second-order valence-corrected chi connectivity index (χ2v) is 8.01. The van der Waals surface area contributed by atoms with E-state index in [9.17, 15) is 9.59 Å². The molecule has 0 aliphatic rings. The molecule has 0 aromatic carbocycles. The Kier molecular flexibility index (Phi) is 21.2. The summed E-state index contributed by atoms with van der Waals surface area (Å²) in [6.07, 6.45) is 21.1. The number of aliphatic carboxylic acids is 1. The fraction of sp³-hybridized carbons (Fsp3) is 0.833. The van der Waals surface area contributed by atoms with Crippen LogP contribution in [0.5, 0.6) is 0 Å². The lowest BCUT2D eigenvalue weighted by atomic mass is 10.1. The van der Waals surface area contributed by atoms with E-state index in [1.54, 1.807) is 4.90 Å². The minimum Gasteiger partial charge on any atom is -0.480 e. The first-order valence-corrected chi connectivity index (χ1v) is 12.1. The molecule has 0 saturated heterocycles. The Balaban J connectivity index is 3.58. The summed E-state index contributed by atoms with van der Waals surface area (Å²) in [7, 11) is 0. The lowest BCUT2D eigenvalue weighted by Gasteiger charge is -2.22. The molecular weight excluding hydrogens is 380 g/mol. The van der Waals surface area contributed by atoms with E-state index in [0.29, 0.717) is 26.1 Å². The van der Waals surface area contributed by atoms with Gasteiger partial charge in [-0.3, -0.25) is 9.59 Å². The van der Waals surface area contributed by atoms with Crippen molar-refractivity contribution in [2.45, 2.75) is 96.8 Å². The molecule has 0 aliphatic heterocycles. The molecule has 6 heteroatoms.